The molecule has 0 spiro atoms. The van der Waals surface area contributed by atoms with Crippen LogP contribution in [0.2, 0.25) is 0 Å². The van der Waals surface area contributed by atoms with Crippen LogP contribution in [0.4, 0.5) is 0 Å². The highest BCUT2D eigenvalue weighted by Crippen LogP contribution is 2.22. The van der Waals surface area contributed by atoms with E-state index < -0.39 is 0 Å². The maximum atomic E-state index is 12.4. The molecule has 4 nitrogen and oxygen atoms in total. The van der Waals surface area contributed by atoms with Crippen LogP contribution in [0.5, 0.6) is 0 Å². The van der Waals surface area contributed by atoms with Crippen LogP contribution in [0.15, 0.2) is 28.7 Å². The number of hydrogen-bond acceptors (Lipinski definition) is 3. The fourth-order valence-electron chi connectivity index (χ4n) is 2.62. The first-order valence-electron chi connectivity index (χ1n) is 6.68. The smallest absolute Gasteiger partial charge is 0.289 e. The molecule has 1 unspecified atom stereocenters. The van der Waals surface area contributed by atoms with Gasteiger partial charge in [0.05, 0.1) is 0 Å². The van der Waals surface area contributed by atoms with Crippen molar-refractivity contribution >= 4 is 16.9 Å². The summed E-state index contributed by atoms with van der Waals surface area (Å²) in [5.74, 6) is 0.360. The second-order valence-corrected chi connectivity index (χ2v) is 5.31. The predicted molar refractivity (Wildman–Crippen MR) is 74.1 cm³/mol. The summed E-state index contributed by atoms with van der Waals surface area (Å²) in [5.41, 5.74) is 7.83. The summed E-state index contributed by atoms with van der Waals surface area (Å²) < 4.78 is 5.64. The quantitative estimate of drug-likeness (QED) is 0.853. The fraction of sp³-hybridized carbons (Fsp3) is 0.400. The van der Waals surface area contributed by atoms with Crippen molar-refractivity contribution in [2.75, 3.05) is 13.1 Å². The van der Waals surface area contributed by atoms with Gasteiger partial charge in [-0.05, 0) is 38.0 Å². The number of carbonyl (C=O) groups is 1. The van der Waals surface area contributed by atoms with E-state index in [-0.39, 0.29) is 11.9 Å². The van der Waals surface area contributed by atoms with Crippen molar-refractivity contribution in [3.05, 3.63) is 35.6 Å². The highest BCUT2D eigenvalue weighted by Gasteiger charge is 2.24. The normalized spacial score (nSPS) is 19.9. The average Bonchev–Trinajstić information content (AvgIpc) is 2.80. The van der Waals surface area contributed by atoms with Crippen LogP contribution in [0, 0.1) is 6.92 Å². The Hall–Kier alpha value is -1.81. The van der Waals surface area contributed by atoms with Crippen molar-refractivity contribution < 1.29 is 9.21 Å². The zero-order valence-corrected chi connectivity index (χ0v) is 11.1. The van der Waals surface area contributed by atoms with E-state index >= 15 is 0 Å². The number of nitrogens with zero attached hydrogens (tertiary/aromatic N) is 1. The number of benzene rings is 1. The second kappa shape index (κ2) is 4.70. The van der Waals surface area contributed by atoms with Crippen molar-refractivity contribution in [1.29, 1.82) is 0 Å². The number of nitrogens with two attached hydrogens (primary N) is 1. The lowest BCUT2D eigenvalue weighted by atomic mass is 10.1. The van der Waals surface area contributed by atoms with E-state index in [1.54, 1.807) is 4.90 Å². The summed E-state index contributed by atoms with van der Waals surface area (Å²) >= 11 is 0. The molecule has 1 atom stereocenters. The molecule has 1 aromatic carbocycles. The van der Waals surface area contributed by atoms with E-state index in [1.807, 2.05) is 31.2 Å². The molecule has 0 bridgehead atoms. The third-order valence-electron chi connectivity index (χ3n) is 3.63. The summed E-state index contributed by atoms with van der Waals surface area (Å²) in [6, 6.07) is 7.83. The van der Waals surface area contributed by atoms with Gasteiger partial charge in [-0.25, -0.2) is 0 Å². The zero-order valence-electron chi connectivity index (χ0n) is 11.1. The first kappa shape index (κ1) is 12.2. The third-order valence-corrected chi connectivity index (χ3v) is 3.63. The van der Waals surface area contributed by atoms with E-state index in [0.717, 1.165) is 35.9 Å². The predicted octanol–water partition coefficient (Wildman–Crippen LogP) is 2.30. The number of furan rings is 1. The minimum atomic E-state index is -0.0518. The molecule has 0 aliphatic carbocycles. The van der Waals surface area contributed by atoms with Crippen LogP contribution in [0.3, 0.4) is 0 Å². The van der Waals surface area contributed by atoms with Crippen LogP contribution in [0.1, 0.15) is 29.0 Å². The Morgan fingerprint density at radius 2 is 2.26 bits per heavy atom. The van der Waals surface area contributed by atoms with E-state index in [2.05, 4.69) is 0 Å². The monoisotopic (exact) mass is 258 g/mol. The van der Waals surface area contributed by atoms with Gasteiger partial charge in [-0.2, -0.15) is 0 Å². The molecule has 1 aliphatic heterocycles. The number of rotatable bonds is 1. The molecule has 1 aliphatic rings. The average molecular weight is 258 g/mol. The van der Waals surface area contributed by atoms with Crippen LogP contribution < -0.4 is 5.73 Å². The van der Waals surface area contributed by atoms with Crippen LogP contribution >= 0.6 is 0 Å². The van der Waals surface area contributed by atoms with E-state index in [0.29, 0.717) is 12.3 Å². The first-order chi connectivity index (χ1) is 9.13. The number of aryl methyl sites for hydroxylation is 1. The van der Waals surface area contributed by atoms with E-state index in [1.165, 1.54) is 0 Å². The number of carbonyl (C=O) groups excluding carboxylic acids is 1. The van der Waals surface area contributed by atoms with Gasteiger partial charge in [0, 0.05) is 24.5 Å². The molecule has 2 aromatic rings. The minimum Gasteiger partial charge on any atom is -0.451 e. The molecular weight excluding hydrogens is 240 g/mol. The van der Waals surface area contributed by atoms with Gasteiger partial charge in [-0.15, -0.1) is 0 Å². The second-order valence-electron chi connectivity index (χ2n) is 5.31. The topological polar surface area (TPSA) is 59.5 Å². The molecule has 2 N–H and O–H groups in total. The number of piperidine rings is 1. The molecule has 100 valence electrons. The number of fused-ring (bicyclic) bond motifs is 1. The van der Waals surface area contributed by atoms with Gasteiger partial charge >= 0.3 is 0 Å². The van der Waals surface area contributed by atoms with Gasteiger partial charge in [-0.1, -0.05) is 11.6 Å². The largest absolute Gasteiger partial charge is 0.451 e. The number of hydrogen-bond donors (Lipinski definition) is 1. The van der Waals surface area contributed by atoms with Crippen molar-refractivity contribution in [2.45, 2.75) is 25.8 Å². The third kappa shape index (κ3) is 2.36. The maximum Gasteiger partial charge on any atom is 0.289 e. The number of amides is 1. The summed E-state index contributed by atoms with van der Waals surface area (Å²) in [4.78, 5) is 14.2. The summed E-state index contributed by atoms with van der Waals surface area (Å²) in [6.45, 7) is 3.41. The molecule has 1 saturated heterocycles. The Morgan fingerprint density at radius 3 is 3.05 bits per heavy atom. The zero-order chi connectivity index (χ0) is 13.4. The highest BCUT2D eigenvalue weighted by atomic mass is 16.3. The molecule has 0 saturated carbocycles. The Bertz CT molecular complexity index is 618. The van der Waals surface area contributed by atoms with Crippen molar-refractivity contribution in [2.24, 2.45) is 5.73 Å². The molecule has 1 amide bonds. The van der Waals surface area contributed by atoms with E-state index in [9.17, 15) is 4.79 Å². The lowest BCUT2D eigenvalue weighted by molar-refractivity contribution is 0.0679. The van der Waals surface area contributed by atoms with Gasteiger partial charge in [0.25, 0.3) is 5.91 Å². The van der Waals surface area contributed by atoms with Crippen LogP contribution in [-0.4, -0.2) is 29.9 Å². The van der Waals surface area contributed by atoms with Gasteiger partial charge in [0.15, 0.2) is 5.76 Å². The van der Waals surface area contributed by atoms with Crippen LogP contribution in [0.25, 0.3) is 11.0 Å². The Balaban J connectivity index is 1.88. The highest BCUT2D eigenvalue weighted by molar-refractivity contribution is 5.96. The Labute approximate surface area is 112 Å². The van der Waals surface area contributed by atoms with E-state index in [4.69, 9.17) is 10.2 Å². The molecule has 19 heavy (non-hydrogen) atoms. The number of likely N-dealkylation sites (tertiary alicyclic amines) is 1. The molecule has 2 heterocycles. The lowest BCUT2D eigenvalue weighted by Gasteiger charge is -2.29. The molecule has 3 rings (SSSR count). The lowest BCUT2D eigenvalue weighted by Crippen LogP contribution is -2.45. The summed E-state index contributed by atoms with van der Waals surface area (Å²) in [6.07, 6.45) is 1.95. The molecular formula is C15H18N2O2. The summed E-state index contributed by atoms with van der Waals surface area (Å²) in [7, 11) is 0. The van der Waals surface area contributed by atoms with Gasteiger partial charge < -0.3 is 15.1 Å². The minimum absolute atomic E-state index is 0.0518. The Kier molecular flexibility index (Phi) is 3.03. The van der Waals surface area contributed by atoms with Gasteiger partial charge in [0.2, 0.25) is 0 Å². The van der Waals surface area contributed by atoms with Crippen molar-refractivity contribution in [3.63, 3.8) is 0 Å². The van der Waals surface area contributed by atoms with Gasteiger partial charge in [0.1, 0.15) is 5.58 Å². The van der Waals surface area contributed by atoms with Crippen molar-refractivity contribution in [1.82, 2.24) is 4.90 Å². The fourth-order valence-corrected chi connectivity index (χ4v) is 2.62. The SMILES string of the molecule is Cc1ccc2oc(C(=O)N3CCCC(N)C3)cc2c1. The summed E-state index contributed by atoms with van der Waals surface area (Å²) in [5, 5.41) is 0.977. The first-order valence-corrected chi connectivity index (χ1v) is 6.68. The Morgan fingerprint density at radius 1 is 1.42 bits per heavy atom. The van der Waals surface area contributed by atoms with Crippen LogP contribution in [-0.2, 0) is 0 Å². The molecule has 4 heteroatoms. The van der Waals surface area contributed by atoms with Gasteiger partial charge in [-0.3, -0.25) is 4.79 Å². The van der Waals surface area contributed by atoms with Crippen molar-refractivity contribution in [3.8, 4) is 0 Å². The standard InChI is InChI=1S/C15H18N2O2/c1-10-4-5-13-11(7-10)8-14(19-13)15(18)17-6-2-3-12(16)9-17/h4-5,7-8,12H,2-3,6,9,16H2,1H3. The molecule has 0 radical (unpaired) electrons. The maximum absolute atomic E-state index is 12.4. The molecule has 1 aromatic heterocycles. The molecule has 1 fully saturated rings.